The number of nitrogens with one attached hydrogen (secondary N) is 2. The van der Waals surface area contributed by atoms with Gasteiger partial charge >= 0.3 is 6.03 Å². The molecule has 1 atom stereocenters. The molecule has 29 heavy (non-hydrogen) atoms. The summed E-state index contributed by atoms with van der Waals surface area (Å²) in [6.45, 7) is 0.661. The SMILES string of the molecule is CN(C)c1ncc(NC(=O)NC2CCc3nnc(Cc4ccccc4)n3C2)cn1. The zero-order valence-electron chi connectivity index (χ0n) is 16.5. The normalized spacial score (nSPS) is 15.4. The second-order valence-corrected chi connectivity index (χ2v) is 7.31. The Morgan fingerprint density at radius 1 is 1.17 bits per heavy atom. The molecule has 1 aliphatic heterocycles. The van der Waals surface area contributed by atoms with Crippen LogP contribution in [0.2, 0.25) is 0 Å². The number of carbonyl (C=O) groups is 1. The highest BCUT2D eigenvalue weighted by Crippen LogP contribution is 2.18. The fraction of sp³-hybridized carbons (Fsp3) is 0.350. The molecule has 3 aromatic rings. The number of amides is 2. The van der Waals surface area contributed by atoms with Gasteiger partial charge in [0.2, 0.25) is 5.95 Å². The Labute approximate surface area is 169 Å². The number of urea groups is 1. The first-order valence-electron chi connectivity index (χ1n) is 9.60. The monoisotopic (exact) mass is 392 g/mol. The lowest BCUT2D eigenvalue weighted by atomic mass is 10.1. The van der Waals surface area contributed by atoms with Gasteiger partial charge in [-0.3, -0.25) is 0 Å². The van der Waals surface area contributed by atoms with Crippen LogP contribution in [0.3, 0.4) is 0 Å². The van der Waals surface area contributed by atoms with Crippen molar-refractivity contribution in [3.8, 4) is 0 Å². The van der Waals surface area contributed by atoms with Crippen molar-refractivity contribution in [2.24, 2.45) is 0 Å². The maximum atomic E-state index is 12.4. The van der Waals surface area contributed by atoms with Crippen LogP contribution in [0, 0.1) is 0 Å². The highest BCUT2D eigenvalue weighted by atomic mass is 16.2. The van der Waals surface area contributed by atoms with Crippen LogP contribution in [0.1, 0.15) is 23.6 Å². The molecule has 0 fully saturated rings. The number of nitrogens with zero attached hydrogens (tertiary/aromatic N) is 6. The van der Waals surface area contributed by atoms with E-state index in [2.05, 4.69) is 47.5 Å². The summed E-state index contributed by atoms with van der Waals surface area (Å²) in [4.78, 5) is 22.6. The molecule has 2 aromatic heterocycles. The van der Waals surface area contributed by atoms with Crippen molar-refractivity contribution in [1.82, 2.24) is 30.0 Å². The van der Waals surface area contributed by atoms with Crippen molar-refractivity contribution in [1.29, 1.82) is 0 Å². The van der Waals surface area contributed by atoms with Crippen LogP contribution >= 0.6 is 0 Å². The molecule has 0 bridgehead atoms. The first kappa shape index (κ1) is 18.9. The molecule has 1 aliphatic rings. The van der Waals surface area contributed by atoms with Crippen LogP contribution in [0.4, 0.5) is 16.4 Å². The minimum Gasteiger partial charge on any atom is -0.347 e. The Bertz CT molecular complexity index is 968. The molecule has 150 valence electrons. The van der Waals surface area contributed by atoms with Crippen LogP contribution < -0.4 is 15.5 Å². The van der Waals surface area contributed by atoms with Crippen molar-refractivity contribution in [3.05, 3.63) is 59.9 Å². The molecule has 1 unspecified atom stereocenters. The van der Waals surface area contributed by atoms with Crippen molar-refractivity contribution in [2.75, 3.05) is 24.3 Å². The second kappa shape index (κ2) is 8.26. The largest absolute Gasteiger partial charge is 0.347 e. The third kappa shape index (κ3) is 4.50. The van der Waals surface area contributed by atoms with Gasteiger partial charge in [-0.1, -0.05) is 30.3 Å². The quantitative estimate of drug-likeness (QED) is 0.687. The van der Waals surface area contributed by atoms with E-state index in [0.717, 1.165) is 30.9 Å². The van der Waals surface area contributed by atoms with Gasteiger partial charge in [0.1, 0.15) is 11.6 Å². The van der Waals surface area contributed by atoms with E-state index in [-0.39, 0.29) is 12.1 Å². The Morgan fingerprint density at radius 3 is 2.66 bits per heavy atom. The minimum absolute atomic E-state index is 0.00925. The number of benzene rings is 1. The molecular weight excluding hydrogens is 368 g/mol. The first-order valence-corrected chi connectivity index (χ1v) is 9.60. The number of fused-ring (bicyclic) bond motifs is 1. The minimum atomic E-state index is -0.266. The molecule has 9 heteroatoms. The zero-order valence-corrected chi connectivity index (χ0v) is 16.5. The molecule has 0 radical (unpaired) electrons. The lowest BCUT2D eigenvalue weighted by molar-refractivity contribution is 0.244. The van der Waals surface area contributed by atoms with Gasteiger partial charge in [-0.2, -0.15) is 0 Å². The molecule has 0 saturated heterocycles. The lowest BCUT2D eigenvalue weighted by Gasteiger charge is -2.25. The van der Waals surface area contributed by atoms with E-state index < -0.39 is 0 Å². The van der Waals surface area contributed by atoms with Crippen molar-refractivity contribution in [2.45, 2.75) is 31.8 Å². The van der Waals surface area contributed by atoms with E-state index in [9.17, 15) is 4.79 Å². The number of carbonyl (C=O) groups excluding carboxylic acids is 1. The standard InChI is InChI=1S/C20H24N8O/c1-27(2)19-21-11-16(12-22-19)24-20(29)23-15-8-9-17-25-26-18(28(17)13-15)10-14-6-4-3-5-7-14/h3-7,11-12,15H,8-10,13H2,1-2H3,(H2,23,24,29). The Morgan fingerprint density at radius 2 is 1.93 bits per heavy atom. The van der Waals surface area contributed by atoms with Crippen LogP contribution in [-0.2, 0) is 19.4 Å². The summed E-state index contributed by atoms with van der Waals surface area (Å²) < 4.78 is 2.12. The fourth-order valence-electron chi connectivity index (χ4n) is 3.38. The average molecular weight is 392 g/mol. The summed E-state index contributed by atoms with van der Waals surface area (Å²) in [7, 11) is 3.73. The highest BCUT2D eigenvalue weighted by Gasteiger charge is 2.24. The van der Waals surface area contributed by atoms with Crippen LogP contribution in [0.25, 0.3) is 0 Å². The van der Waals surface area contributed by atoms with Gasteiger partial charge in [-0.25, -0.2) is 14.8 Å². The number of aryl methyl sites for hydroxylation is 1. The van der Waals surface area contributed by atoms with Crippen molar-refractivity contribution in [3.63, 3.8) is 0 Å². The number of hydrogen-bond donors (Lipinski definition) is 2. The van der Waals surface area contributed by atoms with E-state index in [1.807, 2.05) is 32.3 Å². The predicted octanol–water partition coefficient (Wildman–Crippen LogP) is 1.86. The van der Waals surface area contributed by atoms with Crippen LogP contribution in [0.5, 0.6) is 0 Å². The summed E-state index contributed by atoms with van der Waals surface area (Å²) in [5.41, 5.74) is 1.75. The van der Waals surface area contributed by atoms with Crippen molar-refractivity contribution < 1.29 is 4.79 Å². The number of hydrogen-bond acceptors (Lipinski definition) is 6. The molecule has 9 nitrogen and oxygen atoms in total. The third-order valence-electron chi connectivity index (χ3n) is 4.86. The molecule has 1 aromatic carbocycles. The summed E-state index contributed by atoms with van der Waals surface area (Å²) in [6.07, 6.45) is 5.53. The predicted molar refractivity (Wildman–Crippen MR) is 110 cm³/mol. The zero-order chi connectivity index (χ0) is 20.2. The molecule has 0 spiro atoms. The van der Waals surface area contributed by atoms with E-state index in [4.69, 9.17) is 0 Å². The smallest absolute Gasteiger partial charge is 0.319 e. The first-order chi connectivity index (χ1) is 14.1. The summed E-state index contributed by atoms with van der Waals surface area (Å²) in [5.74, 6) is 2.49. The Hall–Kier alpha value is -3.49. The van der Waals surface area contributed by atoms with E-state index >= 15 is 0 Å². The van der Waals surface area contributed by atoms with Gasteiger partial charge in [0.05, 0.1) is 18.1 Å². The van der Waals surface area contributed by atoms with Gasteiger partial charge < -0.3 is 20.1 Å². The molecule has 3 heterocycles. The molecule has 0 aliphatic carbocycles. The van der Waals surface area contributed by atoms with Gasteiger partial charge in [-0.05, 0) is 12.0 Å². The van der Waals surface area contributed by atoms with E-state index in [0.29, 0.717) is 18.2 Å². The molecule has 0 saturated carbocycles. The Balaban J connectivity index is 1.37. The molecule has 2 amide bonds. The van der Waals surface area contributed by atoms with E-state index in [1.54, 1.807) is 17.3 Å². The van der Waals surface area contributed by atoms with Crippen LogP contribution in [-0.4, -0.2) is 50.9 Å². The molecule has 2 N–H and O–H groups in total. The average Bonchev–Trinajstić information content (AvgIpc) is 3.11. The summed E-state index contributed by atoms with van der Waals surface area (Å²) >= 11 is 0. The third-order valence-corrected chi connectivity index (χ3v) is 4.86. The fourth-order valence-corrected chi connectivity index (χ4v) is 3.38. The highest BCUT2D eigenvalue weighted by molar-refractivity contribution is 5.89. The maximum Gasteiger partial charge on any atom is 0.319 e. The van der Waals surface area contributed by atoms with Gasteiger partial charge in [-0.15, -0.1) is 10.2 Å². The summed E-state index contributed by atoms with van der Waals surface area (Å²) in [6, 6.07) is 9.94. The Kier molecular flexibility index (Phi) is 5.37. The number of anilines is 2. The van der Waals surface area contributed by atoms with E-state index in [1.165, 1.54) is 5.56 Å². The van der Waals surface area contributed by atoms with Crippen LogP contribution in [0.15, 0.2) is 42.7 Å². The maximum absolute atomic E-state index is 12.4. The van der Waals surface area contributed by atoms with Gasteiger partial charge in [0, 0.05) is 39.5 Å². The molecular formula is C20H24N8O. The van der Waals surface area contributed by atoms with Crippen molar-refractivity contribution >= 4 is 17.7 Å². The molecule has 4 rings (SSSR count). The topological polar surface area (TPSA) is 101 Å². The number of rotatable bonds is 5. The number of aromatic nitrogens is 5. The lowest BCUT2D eigenvalue weighted by Crippen LogP contribution is -2.43. The second-order valence-electron chi connectivity index (χ2n) is 7.31. The van der Waals surface area contributed by atoms with Gasteiger partial charge in [0.15, 0.2) is 0 Å². The summed E-state index contributed by atoms with van der Waals surface area (Å²) in [5, 5.41) is 14.5. The van der Waals surface area contributed by atoms with Gasteiger partial charge in [0.25, 0.3) is 0 Å².